The molecule has 0 bridgehead atoms. The summed E-state index contributed by atoms with van der Waals surface area (Å²) in [5.41, 5.74) is 5.42. The standard InChI is InChI=1S/C15H28N4O2/c1-4-7-17-13(20)12-18-8-10-19(11-9-18)14(21)15(16,5-2)6-3/h4H,1,5-12,16H2,2-3H3,(H,17,20). The molecule has 0 unspecified atom stereocenters. The number of carbonyl (C=O) groups excluding carboxylic acids is 2. The van der Waals surface area contributed by atoms with Gasteiger partial charge in [0.15, 0.2) is 0 Å². The van der Waals surface area contributed by atoms with Crippen molar-refractivity contribution in [2.45, 2.75) is 32.2 Å². The number of piperazine rings is 1. The van der Waals surface area contributed by atoms with Crippen molar-refractivity contribution in [3.8, 4) is 0 Å². The molecule has 1 aliphatic rings. The number of nitrogens with two attached hydrogens (primary N) is 1. The summed E-state index contributed by atoms with van der Waals surface area (Å²) < 4.78 is 0. The van der Waals surface area contributed by atoms with Crippen LogP contribution in [0, 0.1) is 0 Å². The van der Waals surface area contributed by atoms with Gasteiger partial charge in [0.25, 0.3) is 0 Å². The van der Waals surface area contributed by atoms with E-state index in [0.29, 0.717) is 52.1 Å². The number of carbonyl (C=O) groups is 2. The third-order valence-corrected chi connectivity index (χ3v) is 4.16. The molecule has 21 heavy (non-hydrogen) atoms. The molecule has 6 nitrogen and oxygen atoms in total. The fourth-order valence-corrected chi connectivity index (χ4v) is 2.42. The molecule has 2 amide bonds. The number of nitrogens with one attached hydrogen (secondary N) is 1. The second kappa shape index (κ2) is 8.14. The van der Waals surface area contributed by atoms with Crippen molar-refractivity contribution in [3.63, 3.8) is 0 Å². The van der Waals surface area contributed by atoms with Crippen molar-refractivity contribution < 1.29 is 9.59 Å². The van der Waals surface area contributed by atoms with Crippen molar-refractivity contribution in [1.82, 2.24) is 15.1 Å². The highest BCUT2D eigenvalue weighted by atomic mass is 16.2. The Morgan fingerprint density at radius 1 is 1.24 bits per heavy atom. The van der Waals surface area contributed by atoms with E-state index < -0.39 is 5.54 Å². The molecule has 1 saturated heterocycles. The van der Waals surface area contributed by atoms with Gasteiger partial charge in [0.2, 0.25) is 11.8 Å². The molecule has 0 aromatic carbocycles. The second-order valence-corrected chi connectivity index (χ2v) is 5.52. The number of amides is 2. The first-order valence-electron chi connectivity index (χ1n) is 7.65. The van der Waals surface area contributed by atoms with Crippen LogP contribution in [-0.2, 0) is 9.59 Å². The van der Waals surface area contributed by atoms with Gasteiger partial charge in [0, 0.05) is 32.7 Å². The Kier molecular flexibility index (Phi) is 6.84. The summed E-state index contributed by atoms with van der Waals surface area (Å²) in [5.74, 6) is 0.0215. The van der Waals surface area contributed by atoms with E-state index in [2.05, 4.69) is 16.8 Å². The lowest BCUT2D eigenvalue weighted by molar-refractivity contribution is -0.139. The minimum absolute atomic E-state index is 0.00929. The fourth-order valence-electron chi connectivity index (χ4n) is 2.42. The van der Waals surface area contributed by atoms with Gasteiger partial charge in [-0.1, -0.05) is 19.9 Å². The molecule has 3 N–H and O–H groups in total. The lowest BCUT2D eigenvalue weighted by Gasteiger charge is -2.38. The van der Waals surface area contributed by atoms with E-state index in [4.69, 9.17) is 5.73 Å². The fraction of sp³-hybridized carbons (Fsp3) is 0.733. The molecule has 0 spiro atoms. The summed E-state index contributed by atoms with van der Waals surface area (Å²) in [4.78, 5) is 28.0. The molecule has 0 aromatic rings. The number of nitrogens with zero attached hydrogens (tertiary/aromatic N) is 2. The highest BCUT2D eigenvalue weighted by molar-refractivity contribution is 5.86. The predicted molar refractivity (Wildman–Crippen MR) is 83.7 cm³/mol. The first-order chi connectivity index (χ1) is 9.96. The molecule has 0 aliphatic carbocycles. The molecular formula is C15H28N4O2. The normalized spacial score (nSPS) is 16.6. The average Bonchev–Trinajstić information content (AvgIpc) is 2.52. The maximum Gasteiger partial charge on any atom is 0.242 e. The smallest absolute Gasteiger partial charge is 0.242 e. The minimum atomic E-state index is -0.747. The number of rotatable bonds is 7. The minimum Gasteiger partial charge on any atom is -0.352 e. The summed E-state index contributed by atoms with van der Waals surface area (Å²) in [6.45, 7) is 11.0. The van der Waals surface area contributed by atoms with E-state index in [-0.39, 0.29) is 11.8 Å². The third-order valence-electron chi connectivity index (χ3n) is 4.16. The maximum absolute atomic E-state index is 12.4. The molecule has 0 atom stereocenters. The molecule has 1 fully saturated rings. The summed E-state index contributed by atoms with van der Waals surface area (Å²) >= 11 is 0. The van der Waals surface area contributed by atoms with E-state index in [0.717, 1.165) is 0 Å². The molecule has 1 aliphatic heterocycles. The third kappa shape index (κ3) is 4.82. The van der Waals surface area contributed by atoms with Gasteiger partial charge in [-0.3, -0.25) is 14.5 Å². The summed E-state index contributed by atoms with van der Waals surface area (Å²) in [6.07, 6.45) is 2.95. The van der Waals surface area contributed by atoms with Gasteiger partial charge in [0.1, 0.15) is 0 Å². The second-order valence-electron chi connectivity index (χ2n) is 5.52. The van der Waals surface area contributed by atoms with Crippen molar-refractivity contribution >= 4 is 11.8 Å². The summed E-state index contributed by atoms with van der Waals surface area (Å²) in [7, 11) is 0. The van der Waals surface area contributed by atoms with Crippen LogP contribution < -0.4 is 11.1 Å². The Morgan fingerprint density at radius 3 is 2.29 bits per heavy atom. The molecule has 0 radical (unpaired) electrons. The van der Waals surface area contributed by atoms with Crippen LogP contribution in [0.2, 0.25) is 0 Å². The molecule has 1 rings (SSSR count). The van der Waals surface area contributed by atoms with Gasteiger partial charge in [-0.05, 0) is 12.8 Å². The highest BCUT2D eigenvalue weighted by Gasteiger charge is 2.35. The summed E-state index contributed by atoms with van der Waals surface area (Å²) in [6, 6.07) is 0. The molecule has 120 valence electrons. The lowest BCUT2D eigenvalue weighted by atomic mass is 9.92. The van der Waals surface area contributed by atoms with Gasteiger partial charge >= 0.3 is 0 Å². The molecule has 0 saturated carbocycles. The molecular weight excluding hydrogens is 268 g/mol. The van der Waals surface area contributed by atoms with Crippen LogP contribution in [0.3, 0.4) is 0 Å². The van der Waals surface area contributed by atoms with Crippen molar-refractivity contribution in [2.75, 3.05) is 39.3 Å². The van der Waals surface area contributed by atoms with Crippen molar-refractivity contribution in [2.24, 2.45) is 5.73 Å². The van der Waals surface area contributed by atoms with Crippen LogP contribution in [0.25, 0.3) is 0 Å². The monoisotopic (exact) mass is 296 g/mol. The zero-order valence-electron chi connectivity index (χ0n) is 13.2. The molecule has 6 heteroatoms. The van der Waals surface area contributed by atoms with Crippen LogP contribution in [0.4, 0.5) is 0 Å². The van der Waals surface area contributed by atoms with Gasteiger partial charge in [-0.25, -0.2) is 0 Å². The van der Waals surface area contributed by atoms with E-state index >= 15 is 0 Å². The Bertz CT molecular complexity index is 372. The zero-order valence-corrected chi connectivity index (χ0v) is 13.2. The number of hydrogen-bond donors (Lipinski definition) is 2. The SMILES string of the molecule is C=CCNC(=O)CN1CCN(C(=O)C(N)(CC)CC)CC1. The van der Waals surface area contributed by atoms with Gasteiger partial charge in [-0.15, -0.1) is 6.58 Å². The van der Waals surface area contributed by atoms with Crippen LogP contribution in [0.15, 0.2) is 12.7 Å². The number of hydrogen-bond acceptors (Lipinski definition) is 4. The Hall–Kier alpha value is -1.40. The van der Waals surface area contributed by atoms with Crippen molar-refractivity contribution in [3.05, 3.63) is 12.7 Å². The maximum atomic E-state index is 12.4. The Morgan fingerprint density at radius 2 is 1.81 bits per heavy atom. The lowest BCUT2D eigenvalue weighted by Crippen LogP contribution is -2.59. The largest absolute Gasteiger partial charge is 0.352 e. The van der Waals surface area contributed by atoms with E-state index in [1.54, 1.807) is 6.08 Å². The van der Waals surface area contributed by atoms with Gasteiger partial charge in [0.05, 0.1) is 12.1 Å². The summed E-state index contributed by atoms with van der Waals surface area (Å²) in [5, 5.41) is 2.76. The van der Waals surface area contributed by atoms with E-state index in [1.807, 2.05) is 18.7 Å². The zero-order chi connectivity index (χ0) is 15.9. The van der Waals surface area contributed by atoms with Crippen molar-refractivity contribution in [1.29, 1.82) is 0 Å². The highest BCUT2D eigenvalue weighted by Crippen LogP contribution is 2.16. The quantitative estimate of drug-likeness (QED) is 0.646. The van der Waals surface area contributed by atoms with Crippen LogP contribution in [-0.4, -0.2) is 66.4 Å². The van der Waals surface area contributed by atoms with Crippen LogP contribution >= 0.6 is 0 Å². The van der Waals surface area contributed by atoms with Gasteiger partial charge in [-0.2, -0.15) is 0 Å². The van der Waals surface area contributed by atoms with E-state index in [9.17, 15) is 9.59 Å². The molecule has 0 aromatic heterocycles. The first-order valence-corrected chi connectivity index (χ1v) is 7.65. The Labute approximate surface area is 127 Å². The average molecular weight is 296 g/mol. The first kappa shape index (κ1) is 17.7. The molecule has 1 heterocycles. The van der Waals surface area contributed by atoms with Crippen LogP contribution in [0.1, 0.15) is 26.7 Å². The Balaban J connectivity index is 2.43. The van der Waals surface area contributed by atoms with Gasteiger partial charge < -0.3 is 16.0 Å². The topological polar surface area (TPSA) is 78.7 Å². The van der Waals surface area contributed by atoms with Crippen LogP contribution in [0.5, 0.6) is 0 Å². The van der Waals surface area contributed by atoms with E-state index in [1.165, 1.54) is 0 Å². The predicted octanol–water partition coefficient (Wildman–Crippen LogP) is -0.0497.